The molecule has 0 amide bonds. The molecular weight excluding hydrogens is 252 g/mol. The molecule has 3 rings (SSSR count). The fourth-order valence-electron chi connectivity index (χ4n) is 3.48. The maximum Gasteiger partial charge on any atom is 0.157 e. The third kappa shape index (κ3) is 3.53. The molecule has 1 heterocycles. The fraction of sp³-hybridized carbons (Fsp3) is 0.647. The van der Waals surface area contributed by atoms with Crippen LogP contribution in [0.2, 0.25) is 0 Å². The van der Waals surface area contributed by atoms with Crippen molar-refractivity contribution in [1.82, 2.24) is 0 Å². The van der Waals surface area contributed by atoms with Gasteiger partial charge in [-0.25, -0.2) is 0 Å². The zero-order valence-corrected chi connectivity index (χ0v) is 12.0. The van der Waals surface area contributed by atoms with Gasteiger partial charge in [-0.2, -0.15) is 0 Å². The van der Waals surface area contributed by atoms with E-state index in [-0.39, 0.29) is 6.29 Å². The van der Waals surface area contributed by atoms with Gasteiger partial charge >= 0.3 is 0 Å². The molecule has 1 saturated carbocycles. The second-order valence-corrected chi connectivity index (χ2v) is 6.06. The Labute approximate surface area is 120 Å². The molecule has 2 fully saturated rings. The van der Waals surface area contributed by atoms with Crippen LogP contribution in [0, 0.1) is 5.92 Å². The van der Waals surface area contributed by atoms with Crippen LogP contribution in [0.15, 0.2) is 24.3 Å². The van der Waals surface area contributed by atoms with Crippen LogP contribution in [0.5, 0.6) is 5.75 Å². The predicted molar refractivity (Wildman–Crippen MR) is 77.7 cm³/mol. The van der Waals surface area contributed by atoms with Crippen LogP contribution >= 0.6 is 0 Å². The summed E-state index contributed by atoms with van der Waals surface area (Å²) in [4.78, 5) is 0. The van der Waals surface area contributed by atoms with Crippen LogP contribution < -0.4 is 0 Å². The van der Waals surface area contributed by atoms with Crippen LogP contribution in [0.3, 0.4) is 0 Å². The summed E-state index contributed by atoms with van der Waals surface area (Å²) in [6.07, 6.45) is 7.48. The van der Waals surface area contributed by atoms with E-state index in [4.69, 9.17) is 9.47 Å². The molecule has 0 radical (unpaired) electrons. The normalized spacial score (nSPS) is 27.8. The molecule has 110 valence electrons. The Morgan fingerprint density at radius 1 is 0.900 bits per heavy atom. The van der Waals surface area contributed by atoms with Gasteiger partial charge < -0.3 is 14.6 Å². The number of benzene rings is 1. The summed E-state index contributed by atoms with van der Waals surface area (Å²) in [6.45, 7) is 1.52. The van der Waals surface area contributed by atoms with E-state index < -0.39 is 0 Å². The van der Waals surface area contributed by atoms with Crippen LogP contribution in [0.1, 0.15) is 50.0 Å². The molecule has 1 aromatic rings. The second-order valence-electron chi connectivity index (χ2n) is 6.06. The van der Waals surface area contributed by atoms with Gasteiger partial charge in [-0.1, -0.05) is 12.1 Å². The minimum absolute atomic E-state index is 0.0600. The lowest BCUT2D eigenvalue weighted by Crippen LogP contribution is -2.16. The summed E-state index contributed by atoms with van der Waals surface area (Å²) in [5, 5.41) is 9.35. The van der Waals surface area contributed by atoms with Crippen LogP contribution in [0.25, 0.3) is 0 Å². The van der Waals surface area contributed by atoms with Crippen LogP contribution in [-0.2, 0) is 9.47 Å². The van der Waals surface area contributed by atoms with Gasteiger partial charge in [0.25, 0.3) is 0 Å². The number of rotatable bonds is 4. The van der Waals surface area contributed by atoms with Crippen molar-refractivity contribution in [3.8, 4) is 5.75 Å². The summed E-state index contributed by atoms with van der Waals surface area (Å²) in [5.74, 6) is 1.86. The van der Waals surface area contributed by atoms with E-state index in [2.05, 4.69) is 12.1 Å². The summed E-state index contributed by atoms with van der Waals surface area (Å²) in [7, 11) is 0. The maximum atomic E-state index is 9.35. The van der Waals surface area contributed by atoms with E-state index in [0.29, 0.717) is 11.7 Å². The van der Waals surface area contributed by atoms with Crippen molar-refractivity contribution in [2.75, 3.05) is 13.2 Å². The van der Waals surface area contributed by atoms with Crippen molar-refractivity contribution in [2.24, 2.45) is 5.92 Å². The van der Waals surface area contributed by atoms with Crippen molar-refractivity contribution in [3.05, 3.63) is 29.8 Å². The summed E-state index contributed by atoms with van der Waals surface area (Å²) >= 11 is 0. The topological polar surface area (TPSA) is 38.7 Å². The lowest BCUT2D eigenvalue weighted by molar-refractivity contribution is -0.0509. The van der Waals surface area contributed by atoms with Crippen molar-refractivity contribution in [2.45, 2.75) is 50.7 Å². The maximum absolute atomic E-state index is 9.35. The molecule has 3 heteroatoms. The molecule has 0 aromatic heterocycles. The Balaban J connectivity index is 1.43. The summed E-state index contributed by atoms with van der Waals surface area (Å²) < 4.78 is 11.0. The van der Waals surface area contributed by atoms with E-state index in [1.807, 2.05) is 0 Å². The quantitative estimate of drug-likeness (QED) is 0.908. The average Bonchev–Trinajstić information content (AvgIpc) is 3.00. The Kier molecular flexibility index (Phi) is 4.58. The van der Waals surface area contributed by atoms with Crippen molar-refractivity contribution in [1.29, 1.82) is 0 Å². The van der Waals surface area contributed by atoms with Gasteiger partial charge in [0.05, 0.1) is 13.2 Å². The number of phenols is 1. The zero-order valence-electron chi connectivity index (χ0n) is 12.0. The molecule has 20 heavy (non-hydrogen) atoms. The molecule has 3 nitrogen and oxygen atoms in total. The Bertz CT molecular complexity index is 401. The Morgan fingerprint density at radius 2 is 1.55 bits per heavy atom. The number of hydrogen-bond acceptors (Lipinski definition) is 3. The first-order valence-electron chi connectivity index (χ1n) is 7.83. The highest BCUT2D eigenvalue weighted by molar-refractivity contribution is 5.28. The lowest BCUT2D eigenvalue weighted by atomic mass is 9.77. The van der Waals surface area contributed by atoms with E-state index in [0.717, 1.165) is 25.6 Å². The molecule has 1 aliphatic heterocycles. The van der Waals surface area contributed by atoms with E-state index in [1.54, 1.807) is 12.1 Å². The first-order chi connectivity index (χ1) is 9.81. The summed E-state index contributed by atoms with van der Waals surface area (Å²) in [6, 6.07) is 7.74. The monoisotopic (exact) mass is 276 g/mol. The van der Waals surface area contributed by atoms with Gasteiger partial charge in [0.1, 0.15) is 5.75 Å². The van der Waals surface area contributed by atoms with Crippen molar-refractivity contribution >= 4 is 0 Å². The molecule has 0 atom stereocenters. The van der Waals surface area contributed by atoms with Gasteiger partial charge in [-0.05, 0) is 68.1 Å². The number of aromatic hydroxyl groups is 1. The van der Waals surface area contributed by atoms with Crippen molar-refractivity contribution in [3.63, 3.8) is 0 Å². The number of phenolic OH excluding ortho intramolecular Hbond substituents is 1. The minimum atomic E-state index is 0.0600. The highest BCUT2D eigenvalue weighted by atomic mass is 16.7. The highest BCUT2D eigenvalue weighted by Gasteiger charge is 2.24. The Morgan fingerprint density at radius 3 is 2.20 bits per heavy atom. The molecule has 1 saturated heterocycles. The second kappa shape index (κ2) is 6.59. The first kappa shape index (κ1) is 13.9. The fourth-order valence-corrected chi connectivity index (χ4v) is 3.48. The molecule has 1 N–H and O–H groups in total. The SMILES string of the molecule is Oc1ccc(C2CCC(CCC3OCCO3)CC2)cc1. The van der Waals surface area contributed by atoms with Gasteiger partial charge in [0, 0.05) is 0 Å². The van der Waals surface area contributed by atoms with E-state index in [9.17, 15) is 5.11 Å². The third-order valence-corrected chi connectivity index (χ3v) is 4.71. The van der Waals surface area contributed by atoms with Crippen LogP contribution in [0.4, 0.5) is 0 Å². The molecule has 2 aliphatic rings. The molecule has 1 aliphatic carbocycles. The van der Waals surface area contributed by atoms with E-state index >= 15 is 0 Å². The minimum Gasteiger partial charge on any atom is -0.508 e. The number of hydrogen-bond donors (Lipinski definition) is 1. The van der Waals surface area contributed by atoms with Gasteiger partial charge in [-0.3, -0.25) is 0 Å². The predicted octanol–water partition coefficient (Wildman–Crippen LogP) is 3.82. The largest absolute Gasteiger partial charge is 0.508 e. The highest BCUT2D eigenvalue weighted by Crippen LogP contribution is 2.38. The molecule has 1 aromatic carbocycles. The van der Waals surface area contributed by atoms with Crippen LogP contribution in [-0.4, -0.2) is 24.6 Å². The number of ether oxygens (including phenoxy) is 2. The van der Waals surface area contributed by atoms with Gasteiger partial charge in [0.15, 0.2) is 6.29 Å². The molecular formula is C17H24O3. The summed E-state index contributed by atoms with van der Waals surface area (Å²) in [5.41, 5.74) is 1.38. The smallest absolute Gasteiger partial charge is 0.157 e. The molecule has 0 bridgehead atoms. The molecule has 0 unspecified atom stereocenters. The lowest BCUT2D eigenvalue weighted by Gasteiger charge is -2.29. The standard InChI is InChI=1S/C17H24O3/c18-16-8-6-15(7-9-16)14-4-1-13(2-5-14)3-10-17-19-11-12-20-17/h6-9,13-14,17-18H,1-5,10-12H2. The molecule has 0 spiro atoms. The Hall–Kier alpha value is -1.06. The average molecular weight is 276 g/mol. The van der Waals surface area contributed by atoms with E-state index in [1.165, 1.54) is 37.7 Å². The third-order valence-electron chi connectivity index (χ3n) is 4.71. The van der Waals surface area contributed by atoms with Crippen molar-refractivity contribution < 1.29 is 14.6 Å². The van der Waals surface area contributed by atoms with Gasteiger partial charge in [0.2, 0.25) is 0 Å². The first-order valence-corrected chi connectivity index (χ1v) is 7.83. The zero-order chi connectivity index (χ0) is 13.8. The van der Waals surface area contributed by atoms with Gasteiger partial charge in [-0.15, -0.1) is 0 Å².